The van der Waals surface area contributed by atoms with E-state index in [-0.39, 0.29) is 5.56 Å². The van der Waals surface area contributed by atoms with Crippen LogP contribution in [0, 0.1) is 24.0 Å². The van der Waals surface area contributed by atoms with Gasteiger partial charge in [-0.25, -0.2) is 8.78 Å². The summed E-state index contributed by atoms with van der Waals surface area (Å²) in [6, 6.07) is 2.11. The minimum atomic E-state index is -0.798. The predicted octanol–water partition coefficient (Wildman–Crippen LogP) is 1.72. The number of carbonyl (C=O) groups excluding carboxylic acids is 1. The zero-order valence-electron chi connectivity index (χ0n) is 8.05. The number of halogens is 2. The molecule has 1 aromatic carbocycles. The highest BCUT2D eigenvalue weighted by atomic mass is 19.1. The van der Waals surface area contributed by atoms with E-state index >= 15 is 0 Å². The summed E-state index contributed by atoms with van der Waals surface area (Å²) in [5, 5.41) is 2.39. The molecule has 0 saturated heterocycles. The molecule has 1 aromatic rings. The van der Waals surface area contributed by atoms with Crippen molar-refractivity contribution in [2.45, 2.75) is 13.0 Å². The molecule has 0 fully saturated rings. The second kappa shape index (κ2) is 4.56. The van der Waals surface area contributed by atoms with Gasteiger partial charge in [0.05, 0.1) is 6.04 Å². The number of hydrogen-bond acceptors (Lipinski definition) is 1. The van der Waals surface area contributed by atoms with Crippen LogP contribution >= 0.6 is 0 Å². The van der Waals surface area contributed by atoms with Gasteiger partial charge < -0.3 is 5.32 Å². The molecule has 0 heterocycles. The fourth-order valence-electron chi connectivity index (χ4n) is 1.01. The van der Waals surface area contributed by atoms with Gasteiger partial charge in [-0.05, 0) is 19.1 Å². The molecule has 4 heteroatoms. The number of terminal acetylenes is 1. The van der Waals surface area contributed by atoms with Crippen molar-refractivity contribution in [3.8, 4) is 12.3 Å². The standard InChI is InChI=1S/C11H9F2NO/c1-3-7(2)14-11(15)8-4-9(12)6-10(13)5-8/h1,4-7H,2H3,(H,14,15). The number of hydrogen-bond donors (Lipinski definition) is 1. The molecule has 1 N–H and O–H groups in total. The molecule has 1 atom stereocenters. The van der Waals surface area contributed by atoms with Crippen LogP contribution in [0.3, 0.4) is 0 Å². The molecule has 1 rings (SSSR count). The van der Waals surface area contributed by atoms with E-state index in [2.05, 4.69) is 11.2 Å². The Morgan fingerprint density at radius 3 is 2.40 bits per heavy atom. The fraction of sp³-hybridized carbons (Fsp3) is 0.182. The van der Waals surface area contributed by atoms with Gasteiger partial charge in [-0.15, -0.1) is 6.42 Å². The average molecular weight is 209 g/mol. The van der Waals surface area contributed by atoms with Crippen molar-refractivity contribution in [3.63, 3.8) is 0 Å². The lowest BCUT2D eigenvalue weighted by atomic mass is 10.2. The lowest BCUT2D eigenvalue weighted by Gasteiger charge is -2.07. The topological polar surface area (TPSA) is 29.1 Å². The van der Waals surface area contributed by atoms with Crippen LogP contribution in [0.5, 0.6) is 0 Å². The molecule has 0 bridgehead atoms. The van der Waals surface area contributed by atoms with Gasteiger partial charge in [-0.1, -0.05) is 5.92 Å². The second-order valence-electron chi connectivity index (χ2n) is 3.02. The third-order valence-corrected chi connectivity index (χ3v) is 1.72. The summed E-state index contributed by atoms with van der Waals surface area (Å²) in [5.41, 5.74) is -0.0883. The fourth-order valence-corrected chi connectivity index (χ4v) is 1.01. The van der Waals surface area contributed by atoms with E-state index in [0.29, 0.717) is 6.07 Å². The average Bonchev–Trinajstić information content (AvgIpc) is 2.16. The number of carbonyl (C=O) groups is 1. The Bertz CT molecular complexity index is 403. The van der Waals surface area contributed by atoms with Crippen molar-refractivity contribution >= 4 is 5.91 Å². The third-order valence-electron chi connectivity index (χ3n) is 1.72. The van der Waals surface area contributed by atoms with Gasteiger partial charge >= 0.3 is 0 Å². The Labute approximate surface area is 86.3 Å². The van der Waals surface area contributed by atoms with Gasteiger partial charge in [0.2, 0.25) is 0 Å². The molecule has 2 nitrogen and oxygen atoms in total. The molecule has 0 aliphatic heterocycles. The van der Waals surface area contributed by atoms with Crippen LogP contribution in [0.1, 0.15) is 17.3 Å². The minimum absolute atomic E-state index is 0.0883. The van der Waals surface area contributed by atoms with Crippen LogP contribution in [0.2, 0.25) is 0 Å². The van der Waals surface area contributed by atoms with Crippen molar-refractivity contribution in [1.29, 1.82) is 0 Å². The third kappa shape index (κ3) is 3.06. The van der Waals surface area contributed by atoms with E-state index < -0.39 is 23.6 Å². The first kappa shape index (κ1) is 11.2. The molecule has 0 saturated carbocycles. The maximum Gasteiger partial charge on any atom is 0.252 e. The Morgan fingerprint density at radius 1 is 1.40 bits per heavy atom. The number of amides is 1. The lowest BCUT2D eigenvalue weighted by Crippen LogP contribution is -2.31. The van der Waals surface area contributed by atoms with Crippen LogP contribution in [-0.2, 0) is 0 Å². The molecule has 1 amide bonds. The summed E-state index contributed by atoms with van der Waals surface area (Å²) in [7, 11) is 0. The van der Waals surface area contributed by atoms with Crippen molar-refractivity contribution in [2.24, 2.45) is 0 Å². The van der Waals surface area contributed by atoms with Crippen LogP contribution in [-0.4, -0.2) is 11.9 Å². The summed E-state index contributed by atoms with van der Waals surface area (Å²) >= 11 is 0. The highest BCUT2D eigenvalue weighted by Crippen LogP contribution is 2.07. The Kier molecular flexibility index (Phi) is 3.40. The summed E-state index contributed by atoms with van der Waals surface area (Å²) in [6.07, 6.45) is 5.05. The molecule has 0 aromatic heterocycles. The summed E-state index contributed by atoms with van der Waals surface area (Å²) < 4.78 is 25.5. The van der Waals surface area contributed by atoms with Crippen LogP contribution in [0.15, 0.2) is 18.2 Å². The molecule has 15 heavy (non-hydrogen) atoms. The van der Waals surface area contributed by atoms with E-state index in [1.165, 1.54) is 0 Å². The van der Waals surface area contributed by atoms with Gasteiger partial charge in [0, 0.05) is 11.6 Å². The normalized spacial score (nSPS) is 11.6. The van der Waals surface area contributed by atoms with Crippen molar-refractivity contribution in [1.82, 2.24) is 5.32 Å². The number of nitrogens with one attached hydrogen (secondary N) is 1. The molecule has 0 aliphatic rings. The van der Waals surface area contributed by atoms with E-state index in [1.807, 2.05) is 0 Å². The van der Waals surface area contributed by atoms with E-state index in [0.717, 1.165) is 12.1 Å². The molecule has 0 spiro atoms. The first-order chi connectivity index (χ1) is 7.02. The van der Waals surface area contributed by atoms with Gasteiger partial charge in [-0.3, -0.25) is 4.79 Å². The molecule has 1 unspecified atom stereocenters. The highest BCUT2D eigenvalue weighted by Gasteiger charge is 2.10. The SMILES string of the molecule is C#CC(C)NC(=O)c1cc(F)cc(F)c1. The van der Waals surface area contributed by atoms with Gasteiger partial charge in [-0.2, -0.15) is 0 Å². The largest absolute Gasteiger partial charge is 0.339 e. The van der Waals surface area contributed by atoms with Crippen molar-refractivity contribution < 1.29 is 13.6 Å². The van der Waals surface area contributed by atoms with Gasteiger partial charge in [0.25, 0.3) is 5.91 Å². The quantitative estimate of drug-likeness (QED) is 0.738. The van der Waals surface area contributed by atoms with Gasteiger partial charge in [0.15, 0.2) is 0 Å². The van der Waals surface area contributed by atoms with Crippen LogP contribution < -0.4 is 5.32 Å². The maximum absolute atomic E-state index is 12.7. The number of benzene rings is 1. The monoisotopic (exact) mass is 209 g/mol. The molecular formula is C11H9F2NO. The highest BCUT2D eigenvalue weighted by molar-refractivity contribution is 5.94. The second-order valence-corrected chi connectivity index (χ2v) is 3.02. The molecular weight excluding hydrogens is 200 g/mol. The van der Waals surface area contributed by atoms with Crippen molar-refractivity contribution in [2.75, 3.05) is 0 Å². The predicted molar refractivity (Wildman–Crippen MR) is 52.1 cm³/mol. The van der Waals surface area contributed by atoms with E-state index in [1.54, 1.807) is 6.92 Å². The number of rotatable bonds is 2. The summed E-state index contributed by atoms with van der Waals surface area (Å²) in [5.74, 6) is 0.0817. The zero-order valence-corrected chi connectivity index (χ0v) is 8.05. The van der Waals surface area contributed by atoms with Crippen molar-refractivity contribution in [3.05, 3.63) is 35.4 Å². The molecule has 78 valence electrons. The zero-order chi connectivity index (χ0) is 11.4. The van der Waals surface area contributed by atoms with E-state index in [4.69, 9.17) is 6.42 Å². The maximum atomic E-state index is 12.7. The van der Waals surface area contributed by atoms with E-state index in [9.17, 15) is 13.6 Å². The minimum Gasteiger partial charge on any atom is -0.339 e. The smallest absolute Gasteiger partial charge is 0.252 e. The Morgan fingerprint density at radius 2 is 1.93 bits per heavy atom. The Hall–Kier alpha value is -1.89. The van der Waals surface area contributed by atoms with Crippen LogP contribution in [0.4, 0.5) is 8.78 Å². The first-order valence-corrected chi connectivity index (χ1v) is 4.26. The summed E-state index contributed by atoms with van der Waals surface area (Å²) in [6.45, 7) is 1.59. The lowest BCUT2D eigenvalue weighted by molar-refractivity contribution is 0.0947. The van der Waals surface area contributed by atoms with Gasteiger partial charge in [0.1, 0.15) is 11.6 Å². The first-order valence-electron chi connectivity index (χ1n) is 4.26. The molecule has 0 radical (unpaired) electrons. The summed E-state index contributed by atoms with van der Waals surface area (Å²) in [4.78, 5) is 11.4. The Balaban J connectivity index is 2.88. The molecule has 0 aliphatic carbocycles. The van der Waals surface area contributed by atoms with Crippen LogP contribution in [0.25, 0.3) is 0 Å².